The summed E-state index contributed by atoms with van der Waals surface area (Å²) in [4.78, 5) is 0. The van der Waals surface area contributed by atoms with Crippen LogP contribution >= 0.6 is 22.6 Å². The molecule has 88 valence electrons. The van der Waals surface area contributed by atoms with Crippen LogP contribution in [0, 0.1) is 3.57 Å². The van der Waals surface area contributed by atoms with Gasteiger partial charge >= 0.3 is 0 Å². The number of halogens is 1. The third-order valence-electron chi connectivity index (χ3n) is 2.77. The highest BCUT2D eigenvalue weighted by molar-refractivity contribution is 14.1. The number of rotatable bonds is 6. The van der Waals surface area contributed by atoms with Crippen molar-refractivity contribution in [3.05, 3.63) is 27.8 Å². The summed E-state index contributed by atoms with van der Waals surface area (Å²) in [7, 11) is 0. The van der Waals surface area contributed by atoms with Gasteiger partial charge in [-0.05, 0) is 60.1 Å². The van der Waals surface area contributed by atoms with Gasteiger partial charge in [-0.25, -0.2) is 0 Å². The molecule has 0 amide bonds. The molecule has 1 aliphatic carbocycles. The van der Waals surface area contributed by atoms with Gasteiger partial charge in [-0.2, -0.15) is 0 Å². The molecule has 1 saturated carbocycles. The van der Waals surface area contributed by atoms with Crippen molar-refractivity contribution in [2.45, 2.75) is 38.3 Å². The molecule has 0 aromatic heterocycles. The minimum atomic E-state index is 0.291. The van der Waals surface area contributed by atoms with Crippen LogP contribution < -0.4 is 10.1 Å². The van der Waals surface area contributed by atoms with Crippen molar-refractivity contribution >= 4 is 22.6 Å². The molecule has 1 N–H and O–H groups in total. The molecule has 2 nitrogen and oxygen atoms in total. The summed E-state index contributed by atoms with van der Waals surface area (Å²) in [5.74, 6) is 0.983. The van der Waals surface area contributed by atoms with Crippen LogP contribution in [0.15, 0.2) is 24.3 Å². The van der Waals surface area contributed by atoms with Gasteiger partial charge in [0.2, 0.25) is 0 Å². The van der Waals surface area contributed by atoms with Gasteiger partial charge in [0.1, 0.15) is 11.9 Å². The quantitative estimate of drug-likeness (QED) is 0.809. The maximum absolute atomic E-state index is 5.96. The molecular formula is C13H18INO. The van der Waals surface area contributed by atoms with Crippen molar-refractivity contribution in [2.75, 3.05) is 6.54 Å². The zero-order valence-electron chi connectivity index (χ0n) is 9.58. The van der Waals surface area contributed by atoms with Crippen LogP contribution in [-0.2, 0) is 0 Å². The van der Waals surface area contributed by atoms with Crippen LogP contribution in [0.2, 0.25) is 0 Å². The van der Waals surface area contributed by atoms with Crippen LogP contribution in [0.5, 0.6) is 5.75 Å². The third kappa shape index (κ3) is 3.94. The average Bonchev–Trinajstić information content (AvgIpc) is 3.08. The van der Waals surface area contributed by atoms with E-state index in [2.05, 4.69) is 47.0 Å². The lowest BCUT2D eigenvalue weighted by Gasteiger charge is -2.18. The van der Waals surface area contributed by atoms with Gasteiger partial charge in [0.05, 0.1) is 0 Å². The van der Waals surface area contributed by atoms with Crippen LogP contribution in [0.4, 0.5) is 0 Å². The first-order chi connectivity index (χ1) is 7.78. The van der Waals surface area contributed by atoms with E-state index in [0.29, 0.717) is 6.10 Å². The molecule has 16 heavy (non-hydrogen) atoms. The molecule has 1 aliphatic rings. The van der Waals surface area contributed by atoms with E-state index in [4.69, 9.17) is 4.74 Å². The Morgan fingerprint density at radius 3 is 2.94 bits per heavy atom. The molecule has 0 aliphatic heterocycles. The first kappa shape index (κ1) is 12.2. The fourth-order valence-corrected chi connectivity index (χ4v) is 2.10. The second kappa shape index (κ2) is 5.87. The van der Waals surface area contributed by atoms with Crippen LogP contribution in [0.3, 0.4) is 0 Å². The lowest BCUT2D eigenvalue weighted by molar-refractivity contribution is 0.193. The molecule has 0 radical (unpaired) electrons. The summed E-state index contributed by atoms with van der Waals surface area (Å²) in [6.45, 7) is 3.14. The fourth-order valence-electron chi connectivity index (χ4n) is 1.59. The highest BCUT2D eigenvalue weighted by Crippen LogP contribution is 2.20. The lowest BCUT2D eigenvalue weighted by atomic mass is 10.2. The monoisotopic (exact) mass is 331 g/mol. The minimum absolute atomic E-state index is 0.291. The molecule has 1 atom stereocenters. The number of ether oxygens (including phenoxy) is 1. The Bertz CT molecular complexity index is 338. The van der Waals surface area contributed by atoms with Crippen LogP contribution in [0.25, 0.3) is 0 Å². The first-order valence-corrected chi connectivity index (χ1v) is 7.01. The van der Waals surface area contributed by atoms with Crippen molar-refractivity contribution in [1.82, 2.24) is 5.32 Å². The number of benzene rings is 1. The van der Waals surface area contributed by atoms with E-state index in [1.807, 2.05) is 12.1 Å². The zero-order chi connectivity index (χ0) is 11.4. The Morgan fingerprint density at radius 1 is 1.50 bits per heavy atom. The van der Waals surface area contributed by atoms with Gasteiger partial charge < -0.3 is 10.1 Å². The molecule has 0 saturated heterocycles. The Labute approximate surface area is 111 Å². The van der Waals surface area contributed by atoms with E-state index in [1.165, 1.54) is 16.4 Å². The highest BCUT2D eigenvalue weighted by atomic mass is 127. The molecule has 1 fully saturated rings. The van der Waals surface area contributed by atoms with E-state index in [1.54, 1.807) is 0 Å². The van der Waals surface area contributed by atoms with Gasteiger partial charge in [-0.3, -0.25) is 0 Å². The zero-order valence-corrected chi connectivity index (χ0v) is 11.7. The molecule has 1 aromatic carbocycles. The number of hydrogen-bond acceptors (Lipinski definition) is 2. The largest absolute Gasteiger partial charge is 0.489 e. The normalized spacial score (nSPS) is 17.1. The van der Waals surface area contributed by atoms with Gasteiger partial charge in [-0.1, -0.05) is 13.0 Å². The molecule has 1 unspecified atom stereocenters. The summed E-state index contributed by atoms with van der Waals surface area (Å²) < 4.78 is 7.18. The second-order valence-corrected chi connectivity index (χ2v) is 5.53. The summed E-state index contributed by atoms with van der Waals surface area (Å²) in [6.07, 6.45) is 4.00. The van der Waals surface area contributed by atoms with Crippen molar-refractivity contribution in [2.24, 2.45) is 0 Å². The molecular weight excluding hydrogens is 313 g/mol. The summed E-state index contributed by atoms with van der Waals surface area (Å²) >= 11 is 2.31. The maximum Gasteiger partial charge on any atom is 0.120 e. The third-order valence-corrected chi connectivity index (χ3v) is 3.44. The van der Waals surface area contributed by atoms with Crippen molar-refractivity contribution in [1.29, 1.82) is 0 Å². The van der Waals surface area contributed by atoms with E-state index in [-0.39, 0.29) is 0 Å². The maximum atomic E-state index is 5.96. The number of hydrogen-bond donors (Lipinski definition) is 1. The average molecular weight is 331 g/mol. The van der Waals surface area contributed by atoms with Gasteiger partial charge in [-0.15, -0.1) is 0 Å². The summed E-state index contributed by atoms with van der Waals surface area (Å²) in [6, 6.07) is 8.99. The molecule has 2 rings (SSSR count). The Balaban J connectivity index is 1.84. The smallest absolute Gasteiger partial charge is 0.120 e. The lowest BCUT2D eigenvalue weighted by Crippen LogP contribution is -2.32. The first-order valence-electron chi connectivity index (χ1n) is 5.93. The molecule has 0 bridgehead atoms. The van der Waals surface area contributed by atoms with Gasteiger partial charge in [0, 0.05) is 16.2 Å². The fraction of sp³-hybridized carbons (Fsp3) is 0.538. The van der Waals surface area contributed by atoms with E-state index < -0.39 is 0 Å². The predicted molar refractivity (Wildman–Crippen MR) is 74.9 cm³/mol. The minimum Gasteiger partial charge on any atom is -0.489 e. The Morgan fingerprint density at radius 2 is 2.31 bits per heavy atom. The predicted octanol–water partition coefficient (Wildman–Crippen LogP) is 3.20. The van der Waals surface area contributed by atoms with Gasteiger partial charge in [0.15, 0.2) is 0 Å². The van der Waals surface area contributed by atoms with Crippen LogP contribution in [0.1, 0.15) is 26.2 Å². The standard InChI is InChI=1S/C13H18INO/c1-2-12(9-15-11-6-7-11)16-13-5-3-4-10(14)8-13/h3-5,8,11-12,15H,2,6-7,9H2,1H3. The second-order valence-electron chi connectivity index (χ2n) is 4.29. The Kier molecular flexibility index (Phi) is 4.46. The van der Waals surface area contributed by atoms with E-state index >= 15 is 0 Å². The van der Waals surface area contributed by atoms with Crippen LogP contribution in [-0.4, -0.2) is 18.7 Å². The highest BCUT2D eigenvalue weighted by Gasteiger charge is 2.21. The van der Waals surface area contributed by atoms with E-state index in [9.17, 15) is 0 Å². The summed E-state index contributed by atoms with van der Waals surface area (Å²) in [5.41, 5.74) is 0. The summed E-state index contributed by atoms with van der Waals surface area (Å²) in [5, 5.41) is 3.52. The molecule has 1 aromatic rings. The van der Waals surface area contributed by atoms with Gasteiger partial charge in [0.25, 0.3) is 0 Å². The number of nitrogens with one attached hydrogen (secondary N) is 1. The van der Waals surface area contributed by atoms with Crippen molar-refractivity contribution < 1.29 is 4.74 Å². The molecule has 0 spiro atoms. The topological polar surface area (TPSA) is 21.3 Å². The van der Waals surface area contributed by atoms with Crippen molar-refractivity contribution in [3.63, 3.8) is 0 Å². The SMILES string of the molecule is CCC(CNC1CC1)Oc1cccc(I)c1. The Hall–Kier alpha value is -0.290. The van der Waals surface area contributed by atoms with Crippen molar-refractivity contribution in [3.8, 4) is 5.75 Å². The molecule has 3 heteroatoms. The molecule has 0 heterocycles. The van der Waals surface area contributed by atoms with E-state index in [0.717, 1.165) is 24.8 Å².